The van der Waals surface area contributed by atoms with E-state index in [4.69, 9.17) is 0 Å². The highest BCUT2D eigenvalue weighted by atomic mass is 31.0. The maximum atomic E-state index is 2.85. The van der Waals surface area contributed by atoms with Gasteiger partial charge in [-0.25, -0.2) is 0 Å². The van der Waals surface area contributed by atoms with Crippen molar-refractivity contribution >= 4 is 9.24 Å². The molecule has 1 aliphatic heterocycles. The van der Waals surface area contributed by atoms with Gasteiger partial charge in [0.05, 0.1) is 0 Å². The van der Waals surface area contributed by atoms with Crippen LogP contribution in [0, 0.1) is 5.92 Å². The normalized spacial score (nSPS) is 25.5. The van der Waals surface area contributed by atoms with E-state index in [2.05, 4.69) is 28.0 Å². The molecule has 0 aromatic carbocycles. The van der Waals surface area contributed by atoms with E-state index in [1.165, 1.54) is 38.5 Å². The van der Waals surface area contributed by atoms with Crippen molar-refractivity contribution in [2.75, 3.05) is 12.8 Å². The molecule has 1 heterocycles. The molecule has 0 saturated carbocycles. The molecule has 0 spiro atoms. The Morgan fingerprint density at radius 3 is 2.83 bits per heavy atom. The Morgan fingerprint density at radius 1 is 1.50 bits per heavy atom. The smallest absolute Gasteiger partial charge is 0.0129 e. The van der Waals surface area contributed by atoms with Gasteiger partial charge in [0.2, 0.25) is 0 Å². The van der Waals surface area contributed by atoms with Crippen molar-refractivity contribution in [3.63, 3.8) is 0 Å². The van der Waals surface area contributed by atoms with Crippen LogP contribution in [0.1, 0.15) is 39.5 Å². The predicted octanol–water partition coefficient (Wildman–Crippen LogP) is 2.72. The Balaban J connectivity index is 2.21. The van der Waals surface area contributed by atoms with Gasteiger partial charge in [-0.05, 0) is 38.1 Å². The van der Waals surface area contributed by atoms with Crippen molar-refractivity contribution < 1.29 is 0 Å². The van der Waals surface area contributed by atoms with Crippen molar-refractivity contribution in [3.8, 4) is 0 Å². The Bertz CT molecular complexity index is 125. The van der Waals surface area contributed by atoms with Gasteiger partial charge in [0.25, 0.3) is 0 Å². The van der Waals surface area contributed by atoms with Crippen LogP contribution < -0.4 is 0 Å². The molecule has 1 aliphatic rings. The molecule has 2 heteroatoms. The third-order valence-electron chi connectivity index (χ3n) is 2.81. The Hall–Kier alpha value is 0.390. The Kier molecular flexibility index (Phi) is 4.53. The molecule has 0 radical (unpaired) electrons. The molecule has 0 amide bonds. The summed E-state index contributed by atoms with van der Waals surface area (Å²) in [4.78, 5) is 2.60. The van der Waals surface area contributed by atoms with Crippen LogP contribution in [0.2, 0.25) is 0 Å². The van der Waals surface area contributed by atoms with E-state index in [-0.39, 0.29) is 0 Å². The molecule has 1 fully saturated rings. The van der Waals surface area contributed by atoms with E-state index < -0.39 is 0 Å². The molecule has 0 aromatic heterocycles. The van der Waals surface area contributed by atoms with Crippen LogP contribution in [0.4, 0.5) is 0 Å². The van der Waals surface area contributed by atoms with Crippen molar-refractivity contribution in [2.45, 2.75) is 45.6 Å². The van der Waals surface area contributed by atoms with Crippen LogP contribution >= 0.6 is 9.24 Å². The number of rotatable bonds is 4. The van der Waals surface area contributed by atoms with E-state index in [0.717, 1.165) is 12.0 Å². The highest BCUT2D eigenvalue weighted by Gasteiger charge is 2.22. The van der Waals surface area contributed by atoms with Crippen LogP contribution in [0.25, 0.3) is 0 Å². The van der Waals surface area contributed by atoms with Gasteiger partial charge in [-0.1, -0.05) is 13.8 Å². The van der Waals surface area contributed by atoms with Gasteiger partial charge in [0.15, 0.2) is 0 Å². The maximum absolute atomic E-state index is 2.85. The van der Waals surface area contributed by atoms with E-state index in [0.29, 0.717) is 0 Å². The van der Waals surface area contributed by atoms with E-state index >= 15 is 0 Å². The van der Waals surface area contributed by atoms with E-state index in [1.54, 1.807) is 0 Å². The van der Waals surface area contributed by atoms with Gasteiger partial charge in [-0.2, -0.15) is 0 Å². The van der Waals surface area contributed by atoms with Crippen molar-refractivity contribution in [3.05, 3.63) is 0 Å². The van der Waals surface area contributed by atoms with E-state index in [1.807, 2.05) is 0 Å². The first kappa shape index (κ1) is 10.5. The quantitative estimate of drug-likeness (QED) is 0.612. The second-order valence-electron chi connectivity index (χ2n) is 4.26. The molecule has 12 heavy (non-hydrogen) atoms. The van der Waals surface area contributed by atoms with Gasteiger partial charge in [0.1, 0.15) is 0 Å². The molecule has 1 nitrogen and oxygen atoms in total. The highest BCUT2D eigenvalue weighted by Crippen LogP contribution is 2.23. The monoisotopic (exact) mass is 187 g/mol. The molecule has 0 aromatic rings. The summed E-state index contributed by atoms with van der Waals surface area (Å²) >= 11 is 0. The first-order valence-corrected chi connectivity index (χ1v) is 5.99. The molecule has 72 valence electrons. The summed E-state index contributed by atoms with van der Waals surface area (Å²) in [5.74, 6) is 0.872. The minimum Gasteiger partial charge on any atom is -0.297 e. The lowest BCUT2D eigenvalue weighted by Gasteiger charge is -2.23. The van der Waals surface area contributed by atoms with Crippen LogP contribution in [-0.4, -0.2) is 23.8 Å². The second kappa shape index (κ2) is 5.19. The summed E-state index contributed by atoms with van der Waals surface area (Å²) < 4.78 is 0. The number of hydrogen-bond donors (Lipinski definition) is 0. The summed E-state index contributed by atoms with van der Waals surface area (Å²) in [5, 5.41) is 0. The standard InChI is InChI=1S/C10H22NP/c1-9(2)5-6-10-4-3-7-11(10)8-12/h9-10H,3-8,12H2,1-2H3. The van der Waals surface area contributed by atoms with Crippen LogP contribution in [-0.2, 0) is 0 Å². The Morgan fingerprint density at radius 2 is 2.25 bits per heavy atom. The molecule has 0 N–H and O–H groups in total. The number of hydrogen-bond acceptors (Lipinski definition) is 1. The van der Waals surface area contributed by atoms with Gasteiger partial charge in [-0.3, -0.25) is 4.90 Å². The fraction of sp³-hybridized carbons (Fsp3) is 1.00. The lowest BCUT2D eigenvalue weighted by atomic mass is 10.0. The van der Waals surface area contributed by atoms with E-state index in [9.17, 15) is 0 Å². The van der Waals surface area contributed by atoms with Crippen LogP contribution in [0.5, 0.6) is 0 Å². The minimum absolute atomic E-state index is 0.872. The molecule has 1 rings (SSSR count). The third-order valence-corrected chi connectivity index (χ3v) is 3.28. The van der Waals surface area contributed by atoms with Crippen molar-refractivity contribution in [1.29, 1.82) is 0 Å². The summed E-state index contributed by atoms with van der Waals surface area (Å²) in [6.45, 7) is 5.96. The lowest BCUT2D eigenvalue weighted by molar-refractivity contribution is 0.271. The highest BCUT2D eigenvalue weighted by molar-refractivity contribution is 7.16. The van der Waals surface area contributed by atoms with Gasteiger partial charge >= 0.3 is 0 Å². The van der Waals surface area contributed by atoms with Gasteiger partial charge in [-0.15, -0.1) is 9.24 Å². The number of nitrogens with zero attached hydrogens (tertiary/aromatic N) is 1. The van der Waals surface area contributed by atoms with Crippen LogP contribution in [0.15, 0.2) is 0 Å². The molecular formula is C10H22NP. The minimum atomic E-state index is 0.872. The first-order valence-electron chi connectivity index (χ1n) is 5.18. The maximum Gasteiger partial charge on any atom is 0.0129 e. The van der Waals surface area contributed by atoms with Gasteiger partial charge in [0, 0.05) is 12.3 Å². The zero-order valence-corrected chi connectivity index (χ0v) is 9.58. The fourth-order valence-corrected chi connectivity index (χ4v) is 2.47. The second-order valence-corrected chi connectivity index (χ2v) is 4.63. The topological polar surface area (TPSA) is 3.24 Å². The largest absolute Gasteiger partial charge is 0.297 e. The predicted molar refractivity (Wildman–Crippen MR) is 58.4 cm³/mol. The summed E-state index contributed by atoms with van der Waals surface area (Å²) in [7, 11) is 2.85. The van der Waals surface area contributed by atoms with Crippen LogP contribution in [0.3, 0.4) is 0 Å². The van der Waals surface area contributed by atoms with Crippen molar-refractivity contribution in [2.24, 2.45) is 5.92 Å². The molecule has 0 bridgehead atoms. The van der Waals surface area contributed by atoms with Crippen molar-refractivity contribution in [1.82, 2.24) is 4.90 Å². The molecule has 1 saturated heterocycles. The summed E-state index contributed by atoms with van der Waals surface area (Å²) in [5.41, 5.74) is 0. The molecule has 0 aliphatic carbocycles. The first-order chi connectivity index (χ1) is 5.74. The van der Waals surface area contributed by atoms with Gasteiger partial charge < -0.3 is 0 Å². The zero-order valence-electron chi connectivity index (χ0n) is 8.42. The average Bonchev–Trinajstić information content (AvgIpc) is 2.47. The SMILES string of the molecule is CC(C)CCC1CCCN1CP. The average molecular weight is 187 g/mol. The Labute approximate surface area is 79.1 Å². The fourth-order valence-electron chi connectivity index (χ4n) is 1.99. The molecule has 2 atom stereocenters. The molecule has 2 unspecified atom stereocenters. The third kappa shape index (κ3) is 3.03. The molecular weight excluding hydrogens is 165 g/mol. The summed E-state index contributed by atoms with van der Waals surface area (Å²) in [6, 6.07) is 0.893. The zero-order chi connectivity index (χ0) is 8.97. The lowest BCUT2D eigenvalue weighted by Crippen LogP contribution is -2.28. The number of likely N-dealkylation sites (tertiary alicyclic amines) is 1. The summed E-state index contributed by atoms with van der Waals surface area (Å²) in [6.07, 6.45) is 6.82.